The van der Waals surface area contributed by atoms with E-state index in [1.165, 1.54) is 6.07 Å². The monoisotopic (exact) mass is 644 g/mol. The molecule has 0 aliphatic carbocycles. The number of amidine groups is 1. The molecule has 214 valence electrons. The quantitative estimate of drug-likeness (QED) is 0.192. The summed E-state index contributed by atoms with van der Waals surface area (Å²) in [6, 6.07) is 24.1. The number of benzene rings is 3. The number of aliphatic carboxylic acids is 1. The predicted octanol–water partition coefficient (Wildman–Crippen LogP) is 6.76. The summed E-state index contributed by atoms with van der Waals surface area (Å²) >= 11 is 12.9. The number of carboxylic acids is 1. The van der Waals surface area contributed by atoms with Crippen LogP contribution in [0.15, 0.2) is 88.8 Å². The first-order chi connectivity index (χ1) is 19.3. The third kappa shape index (κ3) is 8.21. The lowest BCUT2D eigenvalue weighted by atomic mass is 10.1. The van der Waals surface area contributed by atoms with E-state index in [9.17, 15) is 21.6 Å². The molecule has 0 atom stereocenters. The van der Waals surface area contributed by atoms with Gasteiger partial charge in [0, 0.05) is 6.07 Å². The van der Waals surface area contributed by atoms with Crippen molar-refractivity contribution in [3.05, 3.63) is 93.1 Å². The maximum Gasteiger partial charge on any atom is 0.490 e. The molecule has 4 N–H and O–H groups in total. The Morgan fingerprint density at radius 2 is 1.63 bits per heavy atom. The summed E-state index contributed by atoms with van der Waals surface area (Å²) in [6.07, 6.45) is -4.44. The number of anilines is 1. The topological polar surface area (TPSA) is 122 Å². The van der Waals surface area contributed by atoms with Crippen LogP contribution in [0.4, 0.5) is 30.2 Å². The van der Waals surface area contributed by atoms with Gasteiger partial charge in [0.1, 0.15) is 26.4 Å². The van der Waals surface area contributed by atoms with Crippen molar-refractivity contribution in [1.29, 1.82) is 0 Å². The van der Waals surface area contributed by atoms with Crippen molar-refractivity contribution in [2.24, 2.45) is 4.99 Å². The number of fused-ring (bicyclic) bond motifs is 1. The highest BCUT2D eigenvalue weighted by Gasteiger charge is 2.38. The Labute approximate surface area is 246 Å². The van der Waals surface area contributed by atoms with Crippen LogP contribution in [0.5, 0.6) is 11.5 Å². The molecule has 8 nitrogen and oxygen atoms in total. The fraction of sp³-hybridized carbons (Fsp3) is 0.0769. The Kier molecular flexibility index (Phi) is 9.24. The van der Waals surface area contributed by atoms with Crippen molar-refractivity contribution < 1.29 is 41.5 Å². The minimum absolute atomic E-state index is 0.0416. The molecule has 0 unspecified atom stereocenters. The number of quaternary nitrogens is 1. The van der Waals surface area contributed by atoms with Crippen LogP contribution < -0.4 is 14.8 Å². The molecule has 0 radical (unpaired) electrons. The summed E-state index contributed by atoms with van der Waals surface area (Å²) < 4.78 is 65.9. The molecule has 1 aromatic heterocycles. The minimum Gasteiger partial charge on any atom is -0.475 e. The Morgan fingerprint density at radius 3 is 2.22 bits per heavy atom. The van der Waals surface area contributed by atoms with Gasteiger partial charge in [0.25, 0.3) is 10.0 Å². The number of nitrogens with one attached hydrogen (secondary N) is 1. The number of hydrogen-bond acceptors (Lipinski definition) is 6. The average molecular weight is 645 g/mol. The van der Waals surface area contributed by atoms with Crippen LogP contribution in [0.25, 0.3) is 0 Å². The molecular weight excluding hydrogens is 626 g/mol. The smallest absolute Gasteiger partial charge is 0.475 e. The summed E-state index contributed by atoms with van der Waals surface area (Å²) in [6.45, 7) is 0. The fourth-order valence-corrected chi connectivity index (χ4v) is 6.71. The van der Waals surface area contributed by atoms with Gasteiger partial charge >= 0.3 is 12.1 Å². The average Bonchev–Trinajstić information content (AvgIpc) is 3.46. The van der Waals surface area contributed by atoms with Crippen LogP contribution in [0, 0.1) is 0 Å². The van der Waals surface area contributed by atoms with Crippen molar-refractivity contribution in [2.75, 3.05) is 4.72 Å². The molecule has 1 aliphatic heterocycles. The second-order valence-electron chi connectivity index (χ2n) is 8.35. The number of carboxylic acid groups (broad SMARTS) is 1. The summed E-state index contributed by atoms with van der Waals surface area (Å²) in [5, 5.41) is 9.12. The zero-order chi connectivity index (χ0) is 29.8. The first-order valence-corrected chi connectivity index (χ1v) is 14.5. The SMILES string of the molecule is O=C(O)C(F)(F)F.O=S(=O)(Nc1ccc2c(c1)N=C(Cc1ccc(Oc3ccccc3)cc1)[NH2+]2)c1cc(Cl)sc1Cl. The molecule has 0 spiro atoms. The largest absolute Gasteiger partial charge is 0.490 e. The number of hydrogen-bond donors (Lipinski definition) is 3. The summed E-state index contributed by atoms with van der Waals surface area (Å²) in [5.41, 5.74) is 3.12. The van der Waals surface area contributed by atoms with Gasteiger partial charge in [-0.1, -0.05) is 53.5 Å². The Morgan fingerprint density at radius 1 is 1.00 bits per heavy atom. The van der Waals surface area contributed by atoms with Gasteiger partial charge < -0.3 is 9.84 Å². The second kappa shape index (κ2) is 12.5. The molecule has 15 heteroatoms. The molecule has 0 bridgehead atoms. The zero-order valence-electron chi connectivity index (χ0n) is 20.5. The lowest BCUT2D eigenvalue weighted by Gasteiger charge is -2.07. The standard InChI is InChI=1S/C24H17Cl2N3O3S2.C2HF3O2/c25-22-14-21(24(26)33-22)34(30,31)29-16-8-11-19-20(13-16)28-23(27-19)12-15-6-9-18(10-7-15)32-17-4-2-1-3-5-17;3-2(4,5)1(6)7/h1-11,13-14,29H,12H2,(H,27,28);(H,6,7)/p+1. The normalized spacial score (nSPS) is 12.6. The summed E-state index contributed by atoms with van der Waals surface area (Å²) in [7, 11) is -3.86. The van der Waals surface area contributed by atoms with E-state index in [1.54, 1.807) is 12.1 Å². The number of rotatable bonds is 7. The lowest BCUT2D eigenvalue weighted by molar-refractivity contribution is -0.440. The van der Waals surface area contributed by atoms with Gasteiger partial charge in [-0.25, -0.2) is 13.2 Å². The number of alkyl halides is 3. The maximum absolute atomic E-state index is 12.7. The van der Waals surface area contributed by atoms with E-state index >= 15 is 0 Å². The predicted molar refractivity (Wildman–Crippen MR) is 151 cm³/mol. The first kappa shape index (κ1) is 30.3. The Balaban J connectivity index is 0.000000493. The number of thiophene rings is 1. The number of carbonyl (C=O) groups is 1. The second-order valence-corrected chi connectivity index (χ2v) is 12.3. The van der Waals surface area contributed by atoms with E-state index in [4.69, 9.17) is 37.8 Å². The van der Waals surface area contributed by atoms with Crippen LogP contribution >= 0.6 is 34.5 Å². The molecule has 1 aliphatic rings. The van der Waals surface area contributed by atoms with E-state index in [0.717, 1.165) is 39.9 Å². The van der Waals surface area contributed by atoms with Crippen LogP contribution in [-0.4, -0.2) is 31.5 Å². The molecule has 41 heavy (non-hydrogen) atoms. The third-order valence-electron chi connectivity index (χ3n) is 5.31. The molecule has 5 rings (SSSR count). The maximum atomic E-state index is 12.7. The highest BCUT2D eigenvalue weighted by molar-refractivity contribution is 7.93. The third-order valence-corrected chi connectivity index (χ3v) is 8.45. The fourth-order valence-electron chi connectivity index (χ4n) is 3.51. The number of halogens is 5. The molecule has 0 saturated heterocycles. The lowest BCUT2D eigenvalue weighted by Crippen LogP contribution is -2.81. The Bertz CT molecular complexity index is 1700. The van der Waals surface area contributed by atoms with E-state index in [1.807, 2.05) is 66.0 Å². The van der Waals surface area contributed by atoms with Crippen molar-refractivity contribution in [1.82, 2.24) is 0 Å². The van der Waals surface area contributed by atoms with Gasteiger partial charge in [-0.2, -0.15) is 18.2 Å². The van der Waals surface area contributed by atoms with Crippen LogP contribution in [-0.2, 0) is 21.2 Å². The van der Waals surface area contributed by atoms with Gasteiger partial charge in [0.05, 0.1) is 16.4 Å². The van der Waals surface area contributed by atoms with Gasteiger partial charge in [0.2, 0.25) is 5.84 Å². The number of ether oxygens (including phenoxy) is 1. The molecular formula is C26H19Cl2F3N3O5S2+. The molecule has 0 saturated carbocycles. The van der Waals surface area contributed by atoms with E-state index in [2.05, 4.69) is 9.71 Å². The van der Waals surface area contributed by atoms with Gasteiger partial charge in [-0.3, -0.25) is 10.0 Å². The molecule has 3 aromatic carbocycles. The van der Waals surface area contributed by atoms with Crippen LogP contribution in [0.2, 0.25) is 8.67 Å². The van der Waals surface area contributed by atoms with Crippen molar-refractivity contribution in [3.63, 3.8) is 0 Å². The number of nitrogens with two attached hydrogens (primary N) is 1. The van der Waals surface area contributed by atoms with Crippen LogP contribution in [0.1, 0.15) is 5.56 Å². The number of aliphatic imine (C=N–C) groups is 1. The zero-order valence-corrected chi connectivity index (χ0v) is 23.7. The van der Waals surface area contributed by atoms with E-state index in [-0.39, 0.29) is 9.23 Å². The highest BCUT2D eigenvalue weighted by Crippen LogP contribution is 2.36. The van der Waals surface area contributed by atoms with Crippen molar-refractivity contribution in [2.45, 2.75) is 17.5 Å². The summed E-state index contributed by atoms with van der Waals surface area (Å²) in [5.74, 6) is -0.318. The van der Waals surface area contributed by atoms with Crippen molar-refractivity contribution >= 4 is 73.4 Å². The van der Waals surface area contributed by atoms with Gasteiger partial charge in [0.15, 0.2) is 5.69 Å². The van der Waals surface area contributed by atoms with Crippen molar-refractivity contribution in [3.8, 4) is 11.5 Å². The number of nitrogens with zero attached hydrogens (tertiary/aromatic N) is 1. The minimum atomic E-state index is -5.08. The van der Waals surface area contributed by atoms with Crippen LogP contribution in [0.3, 0.4) is 0 Å². The van der Waals surface area contributed by atoms with Gasteiger partial charge in [-0.05, 0) is 48.0 Å². The van der Waals surface area contributed by atoms with E-state index in [0.29, 0.717) is 22.1 Å². The summed E-state index contributed by atoms with van der Waals surface area (Å²) in [4.78, 5) is 13.5. The molecule has 2 heterocycles. The highest BCUT2D eigenvalue weighted by atomic mass is 35.5. The molecule has 0 fully saturated rings. The van der Waals surface area contributed by atoms with Gasteiger partial charge in [-0.15, -0.1) is 11.3 Å². The molecule has 4 aromatic rings. The Hall–Kier alpha value is -3.62. The van der Waals surface area contributed by atoms with E-state index < -0.39 is 22.2 Å². The molecule has 0 amide bonds. The number of para-hydroxylation sites is 1. The number of sulfonamides is 1. The first-order valence-electron chi connectivity index (χ1n) is 11.5.